The molecule has 0 aliphatic carbocycles. The number of nitro benzene ring substituents is 2. The van der Waals surface area contributed by atoms with Gasteiger partial charge in [-0.15, -0.1) is 0 Å². The molecular weight excluding hydrogens is 531 g/mol. The molecule has 0 amide bonds. The zero-order chi connectivity index (χ0) is 27.3. The van der Waals surface area contributed by atoms with E-state index in [-0.39, 0.29) is 11.4 Å². The van der Waals surface area contributed by atoms with Gasteiger partial charge < -0.3 is 0 Å². The van der Waals surface area contributed by atoms with Crippen molar-refractivity contribution in [3.05, 3.63) is 138 Å². The monoisotopic (exact) mass is 550 g/mol. The van der Waals surface area contributed by atoms with Crippen molar-refractivity contribution in [2.45, 2.75) is 0 Å². The molecule has 4 aromatic rings. The second-order valence-corrected chi connectivity index (χ2v) is 8.32. The molecule has 0 saturated carbocycles. The lowest BCUT2D eigenvalue weighted by atomic mass is 10.2. The summed E-state index contributed by atoms with van der Waals surface area (Å²) in [7, 11) is 0. The number of benzene rings is 4. The van der Waals surface area contributed by atoms with Crippen LogP contribution in [0.1, 0.15) is 11.1 Å². The maximum Gasteiger partial charge on any atom is 0.269 e. The molecule has 4 rings (SSSR count). The fraction of sp³-hybridized carbons (Fsp3) is 0. The summed E-state index contributed by atoms with van der Waals surface area (Å²) in [6.45, 7) is 0. The van der Waals surface area contributed by atoms with E-state index in [1.807, 2.05) is 24.3 Å². The maximum absolute atomic E-state index is 10.5. The van der Waals surface area contributed by atoms with Crippen LogP contribution in [-0.4, -0.2) is 22.3 Å². The summed E-state index contributed by atoms with van der Waals surface area (Å²) in [4.78, 5) is 20.1. The first-order valence-electron chi connectivity index (χ1n) is 10.9. The molecule has 2 N–H and O–H groups in total. The minimum Gasteiger partial charge on any atom is -0.278 e. The van der Waals surface area contributed by atoms with E-state index in [1.54, 1.807) is 61.0 Å². The van der Waals surface area contributed by atoms with Gasteiger partial charge in [0, 0.05) is 34.3 Å². The van der Waals surface area contributed by atoms with Gasteiger partial charge in [-0.2, -0.15) is 10.2 Å². The van der Waals surface area contributed by atoms with Crippen LogP contribution in [0.3, 0.4) is 0 Å². The van der Waals surface area contributed by atoms with Gasteiger partial charge in [-0.05, 0) is 59.7 Å². The zero-order valence-electron chi connectivity index (χ0n) is 19.6. The Kier molecular flexibility index (Phi) is 10.3. The van der Waals surface area contributed by atoms with Crippen LogP contribution < -0.4 is 10.9 Å². The van der Waals surface area contributed by atoms with Crippen LogP contribution in [0.25, 0.3) is 0 Å². The Balaban J connectivity index is 0.000000211. The van der Waals surface area contributed by atoms with E-state index in [0.29, 0.717) is 21.4 Å². The van der Waals surface area contributed by atoms with Crippen LogP contribution in [0.2, 0.25) is 10.0 Å². The predicted octanol–water partition coefficient (Wildman–Crippen LogP) is 7.39. The van der Waals surface area contributed by atoms with Gasteiger partial charge in [0.2, 0.25) is 0 Å². The van der Waals surface area contributed by atoms with Crippen LogP contribution in [0, 0.1) is 20.2 Å². The van der Waals surface area contributed by atoms with E-state index in [2.05, 4.69) is 21.1 Å². The van der Waals surface area contributed by atoms with Crippen molar-refractivity contribution in [2.75, 3.05) is 10.9 Å². The highest BCUT2D eigenvalue weighted by atomic mass is 35.5. The molecule has 4 aromatic carbocycles. The summed E-state index contributed by atoms with van der Waals surface area (Å²) in [6.07, 6.45) is 3.27. The first-order valence-corrected chi connectivity index (χ1v) is 11.6. The molecule has 0 atom stereocenters. The average Bonchev–Trinajstić information content (AvgIpc) is 2.92. The number of hydrogen-bond acceptors (Lipinski definition) is 8. The van der Waals surface area contributed by atoms with Gasteiger partial charge in [-0.25, -0.2) is 0 Å². The lowest BCUT2D eigenvalue weighted by Crippen LogP contribution is -1.92. The van der Waals surface area contributed by atoms with Crippen molar-refractivity contribution in [1.82, 2.24) is 0 Å². The normalized spacial score (nSPS) is 10.6. The Morgan fingerprint density at radius 2 is 0.868 bits per heavy atom. The van der Waals surface area contributed by atoms with Crippen molar-refractivity contribution in [1.29, 1.82) is 0 Å². The van der Waals surface area contributed by atoms with Gasteiger partial charge in [0.05, 0.1) is 33.7 Å². The number of nitrogens with one attached hydrogen (secondary N) is 2. The third-order valence-electron chi connectivity index (χ3n) is 4.71. The minimum atomic E-state index is -0.444. The molecule has 0 aliphatic rings. The number of hydrazone groups is 2. The smallest absolute Gasteiger partial charge is 0.269 e. The second kappa shape index (κ2) is 14.1. The van der Waals surface area contributed by atoms with Crippen LogP contribution in [0.15, 0.2) is 107 Å². The second-order valence-electron chi connectivity index (χ2n) is 7.45. The Hall–Kier alpha value is -4.80. The molecule has 192 valence electrons. The standard InChI is InChI=1S/2C13H10ClN3O2/c2*14-11-3-1-10(2-4-11)9-15-16-12-5-7-13(8-6-12)17(18)19/h2*1-9,16H/b2*15-9+. The van der Waals surface area contributed by atoms with Crippen molar-refractivity contribution < 1.29 is 9.85 Å². The van der Waals surface area contributed by atoms with Gasteiger partial charge in [0.1, 0.15) is 0 Å². The Labute approximate surface area is 227 Å². The van der Waals surface area contributed by atoms with Gasteiger partial charge in [0.15, 0.2) is 0 Å². The highest BCUT2D eigenvalue weighted by molar-refractivity contribution is 6.30. The van der Waals surface area contributed by atoms with Gasteiger partial charge in [-0.3, -0.25) is 31.1 Å². The van der Waals surface area contributed by atoms with Crippen LogP contribution in [0.5, 0.6) is 0 Å². The number of halogens is 2. The molecule has 0 bridgehead atoms. The molecule has 0 unspecified atom stereocenters. The lowest BCUT2D eigenvalue weighted by molar-refractivity contribution is -0.385. The summed E-state index contributed by atoms with van der Waals surface area (Å²) in [5, 5.41) is 30.4. The summed E-state index contributed by atoms with van der Waals surface area (Å²) in [5.41, 5.74) is 8.83. The summed E-state index contributed by atoms with van der Waals surface area (Å²) < 4.78 is 0. The maximum atomic E-state index is 10.5. The summed E-state index contributed by atoms with van der Waals surface area (Å²) >= 11 is 11.5. The largest absolute Gasteiger partial charge is 0.278 e. The molecule has 0 fully saturated rings. The molecule has 0 aliphatic heterocycles. The fourth-order valence-electron chi connectivity index (χ4n) is 2.78. The number of nitrogens with zero attached hydrogens (tertiary/aromatic N) is 4. The molecule has 0 saturated heterocycles. The van der Waals surface area contributed by atoms with E-state index < -0.39 is 9.85 Å². The van der Waals surface area contributed by atoms with E-state index in [9.17, 15) is 20.2 Å². The summed E-state index contributed by atoms with van der Waals surface area (Å²) in [5.74, 6) is 0. The van der Waals surface area contributed by atoms with Crippen LogP contribution >= 0.6 is 23.2 Å². The van der Waals surface area contributed by atoms with Crippen LogP contribution in [-0.2, 0) is 0 Å². The first kappa shape index (κ1) is 27.8. The molecule has 12 heteroatoms. The van der Waals surface area contributed by atoms with Crippen molar-refractivity contribution >= 4 is 58.4 Å². The van der Waals surface area contributed by atoms with E-state index >= 15 is 0 Å². The number of hydrogen-bond donors (Lipinski definition) is 2. The molecular formula is C26H20Cl2N6O4. The van der Waals surface area contributed by atoms with Crippen LogP contribution in [0.4, 0.5) is 22.7 Å². The number of nitro groups is 2. The Bertz CT molecular complexity index is 1300. The predicted molar refractivity (Wildman–Crippen MR) is 152 cm³/mol. The molecule has 38 heavy (non-hydrogen) atoms. The van der Waals surface area contributed by atoms with Gasteiger partial charge in [0.25, 0.3) is 11.4 Å². The molecule has 0 heterocycles. The minimum absolute atomic E-state index is 0.0484. The Morgan fingerprint density at radius 3 is 1.16 bits per heavy atom. The zero-order valence-corrected chi connectivity index (χ0v) is 21.1. The molecule has 0 aromatic heterocycles. The number of anilines is 2. The SMILES string of the molecule is O=[N+]([O-])c1ccc(N/N=C/c2ccc(Cl)cc2)cc1.O=[N+]([O-])c1ccc(N/N=C/c2ccc(Cl)cc2)cc1. The lowest BCUT2D eigenvalue weighted by Gasteiger charge is -1.99. The van der Waals surface area contributed by atoms with E-state index in [1.165, 1.54) is 24.3 Å². The molecule has 10 nitrogen and oxygen atoms in total. The van der Waals surface area contributed by atoms with Gasteiger partial charge >= 0.3 is 0 Å². The first-order chi connectivity index (χ1) is 18.3. The highest BCUT2D eigenvalue weighted by Crippen LogP contribution is 2.16. The van der Waals surface area contributed by atoms with E-state index in [0.717, 1.165) is 11.1 Å². The van der Waals surface area contributed by atoms with Crippen molar-refractivity contribution in [2.24, 2.45) is 10.2 Å². The quantitative estimate of drug-likeness (QED) is 0.133. The third-order valence-corrected chi connectivity index (χ3v) is 5.21. The third kappa shape index (κ3) is 9.34. The molecule has 0 spiro atoms. The highest BCUT2D eigenvalue weighted by Gasteiger charge is 2.03. The van der Waals surface area contributed by atoms with Crippen molar-refractivity contribution in [3.63, 3.8) is 0 Å². The van der Waals surface area contributed by atoms with Crippen molar-refractivity contribution in [3.8, 4) is 0 Å². The fourth-order valence-corrected chi connectivity index (χ4v) is 3.03. The topological polar surface area (TPSA) is 135 Å². The Morgan fingerprint density at radius 1 is 0.553 bits per heavy atom. The number of non-ortho nitro benzene ring substituents is 2. The summed E-state index contributed by atoms with van der Waals surface area (Å²) in [6, 6.07) is 26.5. The van der Waals surface area contributed by atoms with E-state index in [4.69, 9.17) is 23.2 Å². The molecule has 0 radical (unpaired) electrons. The average molecular weight is 551 g/mol. The number of rotatable bonds is 8. The van der Waals surface area contributed by atoms with Gasteiger partial charge in [-0.1, -0.05) is 47.5 Å².